The van der Waals surface area contributed by atoms with Crippen LogP contribution in [0.25, 0.3) is 0 Å². The number of carbonyl (C=O) groups excluding carboxylic acids is 2. The van der Waals surface area contributed by atoms with Crippen LogP contribution in [0.1, 0.15) is 18.4 Å². The first-order valence-electron chi connectivity index (χ1n) is 8.35. The zero-order valence-electron chi connectivity index (χ0n) is 15.5. The Bertz CT molecular complexity index is 788. The van der Waals surface area contributed by atoms with E-state index in [9.17, 15) is 9.59 Å². The standard InChI is InChI=1S/C19H23ClN2O5/c1-11-15(18(23)25-2)16(12-6-4-5-7-13(12)20)17(19(24)26-3)14(22-11)10-27-9-8-21/h4-7,16,22H,8-10,21H2,1-3H3/t16-/m1/s1. The van der Waals surface area contributed by atoms with Gasteiger partial charge in [0.2, 0.25) is 0 Å². The molecule has 0 spiro atoms. The number of carbonyl (C=O) groups is 2. The van der Waals surface area contributed by atoms with Crippen molar-refractivity contribution in [2.45, 2.75) is 12.8 Å². The maximum atomic E-state index is 12.7. The minimum atomic E-state index is -0.753. The zero-order valence-corrected chi connectivity index (χ0v) is 16.3. The van der Waals surface area contributed by atoms with Gasteiger partial charge in [-0.15, -0.1) is 0 Å². The molecule has 7 nitrogen and oxygen atoms in total. The molecule has 1 aliphatic heterocycles. The van der Waals surface area contributed by atoms with Crippen molar-refractivity contribution in [2.24, 2.45) is 5.73 Å². The molecule has 0 radical (unpaired) electrons. The van der Waals surface area contributed by atoms with E-state index < -0.39 is 17.9 Å². The number of allylic oxidation sites excluding steroid dienone is 1. The Morgan fingerprint density at radius 2 is 1.78 bits per heavy atom. The fraction of sp³-hybridized carbons (Fsp3) is 0.368. The molecule has 27 heavy (non-hydrogen) atoms. The average Bonchev–Trinajstić information content (AvgIpc) is 2.67. The Kier molecular flexibility index (Phi) is 7.41. The molecule has 0 unspecified atom stereocenters. The molecule has 3 N–H and O–H groups in total. The monoisotopic (exact) mass is 394 g/mol. The van der Waals surface area contributed by atoms with Gasteiger partial charge in [-0.2, -0.15) is 0 Å². The van der Waals surface area contributed by atoms with E-state index in [1.54, 1.807) is 31.2 Å². The summed E-state index contributed by atoms with van der Waals surface area (Å²) in [4.78, 5) is 25.2. The van der Waals surface area contributed by atoms with Gasteiger partial charge >= 0.3 is 11.9 Å². The third kappa shape index (κ3) is 4.50. The van der Waals surface area contributed by atoms with Crippen molar-refractivity contribution < 1.29 is 23.8 Å². The highest BCUT2D eigenvalue weighted by Crippen LogP contribution is 2.41. The van der Waals surface area contributed by atoms with E-state index in [4.69, 9.17) is 31.5 Å². The SMILES string of the molecule is COC(=O)C1=C(C)NC(COCCN)=C(C(=O)OC)[C@@H]1c1ccccc1Cl. The summed E-state index contributed by atoms with van der Waals surface area (Å²) in [5, 5.41) is 3.49. The van der Waals surface area contributed by atoms with E-state index in [-0.39, 0.29) is 17.8 Å². The summed E-state index contributed by atoms with van der Waals surface area (Å²) in [7, 11) is 2.56. The van der Waals surface area contributed by atoms with Crippen LogP contribution in [0.2, 0.25) is 5.02 Å². The predicted molar refractivity (Wildman–Crippen MR) is 101 cm³/mol. The largest absolute Gasteiger partial charge is 0.466 e. The van der Waals surface area contributed by atoms with Crippen LogP contribution in [0, 0.1) is 0 Å². The molecular weight excluding hydrogens is 372 g/mol. The van der Waals surface area contributed by atoms with E-state index in [1.165, 1.54) is 14.2 Å². The Morgan fingerprint density at radius 1 is 1.15 bits per heavy atom. The first kappa shape index (κ1) is 21.0. The first-order chi connectivity index (χ1) is 13.0. The molecule has 0 saturated heterocycles. The smallest absolute Gasteiger partial charge is 0.336 e. The molecule has 0 aliphatic carbocycles. The van der Waals surface area contributed by atoms with Gasteiger partial charge in [0.15, 0.2) is 0 Å². The Balaban J connectivity index is 2.67. The topological polar surface area (TPSA) is 99.9 Å². The van der Waals surface area contributed by atoms with Crippen LogP contribution in [0.15, 0.2) is 46.8 Å². The number of nitrogens with two attached hydrogens (primary N) is 1. The summed E-state index contributed by atoms with van der Waals surface area (Å²) in [6.07, 6.45) is 0. The van der Waals surface area contributed by atoms with Crippen LogP contribution in [0.4, 0.5) is 0 Å². The van der Waals surface area contributed by atoms with Gasteiger partial charge in [0.05, 0.1) is 50.2 Å². The summed E-state index contributed by atoms with van der Waals surface area (Å²) >= 11 is 6.39. The van der Waals surface area contributed by atoms with Crippen LogP contribution >= 0.6 is 11.6 Å². The minimum absolute atomic E-state index is 0.106. The molecule has 0 fully saturated rings. The lowest BCUT2D eigenvalue weighted by Gasteiger charge is -2.31. The molecule has 0 bridgehead atoms. The molecule has 1 aromatic carbocycles. The maximum absolute atomic E-state index is 12.7. The number of hydrogen-bond acceptors (Lipinski definition) is 7. The second-order valence-electron chi connectivity index (χ2n) is 5.83. The van der Waals surface area contributed by atoms with Gasteiger partial charge in [-0.05, 0) is 18.6 Å². The van der Waals surface area contributed by atoms with Gasteiger partial charge in [-0.25, -0.2) is 9.59 Å². The van der Waals surface area contributed by atoms with E-state index >= 15 is 0 Å². The molecule has 1 aliphatic rings. The highest BCUT2D eigenvalue weighted by atomic mass is 35.5. The fourth-order valence-corrected chi connectivity index (χ4v) is 3.26. The number of benzene rings is 1. The molecule has 0 aromatic heterocycles. The number of ether oxygens (including phenoxy) is 3. The molecule has 0 amide bonds. The number of hydrogen-bond donors (Lipinski definition) is 2. The third-order valence-electron chi connectivity index (χ3n) is 4.18. The number of dihydropyridines is 1. The lowest BCUT2D eigenvalue weighted by molar-refractivity contribution is -0.137. The van der Waals surface area contributed by atoms with Gasteiger partial charge in [0.25, 0.3) is 0 Å². The molecule has 2 rings (SSSR count). The van der Waals surface area contributed by atoms with Gasteiger partial charge < -0.3 is 25.3 Å². The second-order valence-corrected chi connectivity index (χ2v) is 6.24. The van der Waals surface area contributed by atoms with Gasteiger partial charge in [0, 0.05) is 17.3 Å². The molecule has 1 aromatic rings. The normalized spacial score (nSPS) is 16.9. The number of methoxy groups -OCH3 is 2. The van der Waals surface area contributed by atoms with Crippen molar-refractivity contribution in [1.82, 2.24) is 5.32 Å². The predicted octanol–water partition coefficient (Wildman–Crippen LogP) is 1.88. The zero-order chi connectivity index (χ0) is 20.0. The molecule has 0 saturated carbocycles. The van der Waals surface area contributed by atoms with Gasteiger partial charge in [0.1, 0.15) is 0 Å². The third-order valence-corrected chi connectivity index (χ3v) is 4.52. The Labute approximate surface area is 163 Å². The van der Waals surface area contributed by atoms with E-state index in [2.05, 4.69) is 5.32 Å². The van der Waals surface area contributed by atoms with Crippen LogP contribution in [0.3, 0.4) is 0 Å². The van der Waals surface area contributed by atoms with Crippen molar-refractivity contribution >= 4 is 23.5 Å². The molecule has 146 valence electrons. The summed E-state index contributed by atoms with van der Waals surface area (Å²) in [6.45, 7) is 2.50. The lowest BCUT2D eigenvalue weighted by Crippen LogP contribution is -2.34. The summed E-state index contributed by atoms with van der Waals surface area (Å²) in [5.74, 6) is -1.91. The Hall–Kier alpha value is -2.35. The van der Waals surface area contributed by atoms with Gasteiger partial charge in [-0.3, -0.25) is 0 Å². The van der Waals surface area contributed by atoms with Crippen LogP contribution in [-0.2, 0) is 23.8 Å². The number of esters is 2. The van der Waals surface area contributed by atoms with E-state index in [0.29, 0.717) is 35.1 Å². The lowest BCUT2D eigenvalue weighted by atomic mass is 9.80. The molecule has 1 heterocycles. The van der Waals surface area contributed by atoms with Gasteiger partial charge in [-0.1, -0.05) is 29.8 Å². The molecule has 1 atom stereocenters. The second kappa shape index (κ2) is 9.55. The first-order valence-corrected chi connectivity index (χ1v) is 8.73. The number of nitrogens with one attached hydrogen (secondary N) is 1. The van der Waals surface area contributed by atoms with Crippen molar-refractivity contribution in [3.63, 3.8) is 0 Å². The maximum Gasteiger partial charge on any atom is 0.336 e. The average molecular weight is 395 g/mol. The van der Waals surface area contributed by atoms with Crippen LogP contribution in [-0.4, -0.2) is 45.9 Å². The summed E-state index contributed by atoms with van der Waals surface area (Å²) in [5.41, 5.74) is 7.63. The van der Waals surface area contributed by atoms with Crippen molar-refractivity contribution in [1.29, 1.82) is 0 Å². The van der Waals surface area contributed by atoms with Crippen molar-refractivity contribution in [3.05, 3.63) is 57.4 Å². The quantitative estimate of drug-likeness (QED) is 0.538. The number of halogens is 1. The van der Waals surface area contributed by atoms with E-state index in [0.717, 1.165) is 0 Å². The molecular formula is C19H23ClN2O5. The number of rotatable bonds is 7. The van der Waals surface area contributed by atoms with Crippen molar-refractivity contribution in [3.8, 4) is 0 Å². The Morgan fingerprint density at radius 3 is 2.37 bits per heavy atom. The van der Waals surface area contributed by atoms with Crippen LogP contribution < -0.4 is 11.1 Å². The summed E-state index contributed by atoms with van der Waals surface area (Å²) in [6, 6.07) is 7.01. The van der Waals surface area contributed by atoms with Crippen LogP contribution in [0.5, 0.6) is 0 Å². The van der Waals surface area contributed by atoms with E-state index in [1.807, 2.05) is 0 Å². The summed E-state index contributed by atoms with van der Waals surface area (Å²) < 4.78 is 15.4. The fourth-order valence-electron chi connectivity index (χ4n) is 3.02. The highest BCUT2D eigenvalue weighted by Gasteiger charge is 2.39. The van der Waals surface area contributed by atoms with Crippen molar-refractivity contribution in [2.75, 3.05) is 34.0 Å². The highest BCUT2D eigenvalue weighted by molar-refractivity contribution is 6.31. The minimum Gasteiger partial charge on any atom is -0.466 e. The molecule has 8 heteroatoms.